The Hall–Kier alpha value is -1.21. The Morgan fingerprint density at radius 3 is 2.43 bits per heavy atom. The van der Waals surface area contributed by atoms with E-state index in [1.54, 1.807) is 36.4 Å². The molecular formula is C15H16O5S. The number of sulfone groups is 1. The summed E-state index contributed by atoms with van der Waals surface area (Å²) >= 11 is 0. The van der Waals surface area contributed by atoms with Crippen LogP contribution in [0.1, 0.15) is 13.8 Å². The van der Waals surface area contributed by atoms with Gasteiger partial charge in [-0.25, -0.2) is 8.42 Å². The maximum absolute atomic E-state index is 12.7. The van der Waals surface area contributed by atoms with Crippen molar-refractivity contribution >= 4 is 9.84 Å². The van der Waals surface area contributed by atoms with Crippen molar-refractivity contribution in [1.82, 2.24) is 0 Å². The van der Waals surface area contributed by atoms with E-state index in [9.17, 15) is 8.42 Å². The Kier molecular flexibility index (Phi) is 2.67. The van der Waals surface area contributed by atoms with Crippen molar-refractivity contribution in [1.29, 1.82) is 0 Å². The van der Waals surface area contributed by atoms with Crippen LogP contribution in [-0.2, 0) is 24.0 Å². The predicted molar refractivity (Wildman–Crippen MR) is 74.2 cm³/mol. The summed E-state index contributed by atoms with van der Waals surface area (Å²) in [5, 5.41) is 0. The lowest BCUT2D eigenvalue weighted by Crippen LogP contribution is -2.35. The molecule has 0 N–H and O–H groups in total. The van der Waals surface area contributed by atoms with E-state index in [1.165, 1.54) is 0 Å². The first-order valence-electron chi connectivity index (χ1n) is 6.91. The lowest BCUT2D eigenvalue weighted by Gasteiger charge is -2.21. The second-order valence-electron chi connectivity index (χ2n) is 5.97. The highest BCUT2D eigenvalue weighted by Crippen LogP contribution is 2.47. The van der Waals surface area contributed by atoms with E-state index in [2.05, 4.69) is 0 Å². The minimum Gasteiger partial charge on any atom is -0.360 e. The molecule has 1 aromatic carbocycles. The van der Waals surface area contributed by atoms with Gasteiger partial charge in [0.25, 0.3) is 0 Å². The number of rotatable bonds is 2. The summed E-state index contributed by atoms with van der Waals surface area (Å²) in [7, 11) is -3.54. The molecule has 6 heteroatoms. The maximum atomic E-state index is 12.7. The van der Waals surface area contributed by atoms with Crippen LogP contribution in [0.5, 0.6) is 0 Å². The van der Waals surface area contributed by atoms with Gasteiger partial charge in [-0.15, -0.1) is 0 Å². The summed E-state index contributed by atoms with van der Waals surface area (Å²) in [6.07, 6.45) is 0.157. The highest BCUT2D eigenvalue weighted by molar-refractivity contribution is 7.95. The molecule has 0 amide bonds. The minimum atomic E-state index is -3.54. The van der Waals surface area contributed by atoms with Crippen LogP contribution < -0.4 is 0 Å². The van der Waals surface area contributed by atoms with Crippen molar-refractivity contribution in [3.63, 3.8) is 0 Å². The molecule has 2 bridgehead atoms. The Morgan fingerprint density at radius 1 is 1.05 bits per heavy atom. The zero-order valence-corrected chi connectivity index (χ0v) is 12.5. The second-order valence-corrected chi connectivity index (χ2v) is 7.92. The summed E-state index contributed by atoms with van der Waals surface area (Å²) in [6, 6.07) is 8.40. The predicted octanol–water partition coefficient (Wildman–Crippen LogP) is 1.65. The van der Waals surface area contributed by atoms with Crippen molar-refractivity contribution in [3.05, 3.63) is 41.3 Å². The standard InChI is InChI=1S/C15H16O5S/c1-15(2)19-12-10-8-11(13(18-10)14(12)20-15)21(16,17)9-6-4-3-5-7-9/h3-8,10,12-14H,1-2H3/t10-,12-,13+,14-/m1/s1. The molecule has 2 fully saturated rings. The molecule has 3 aliphatic rings. The van der Waals surface area contributed by atoms with Crippen molar-refractivity contribution in [3.8, 4) is 0 Å². The second kappa shape index (κ2) is 4.16. The van der Waals surface area contributed by atoms with E-state index < -0.39 is 21.7 Å². The highest BCUT2D eigenvalue weighted by Gasteiger charge is 2.60. The van der Waals surface area contributed by atoms with E-state index in [0.717, 1.165) is 0 Å². The van der Waals surface area contributed by atoms with Crippen LogP contribution in [0.2, 0.25) is 0 Å². The van der Waals surface area contributed by atoms with Gasteiger partial charge in [-0.2, -0.15) is 0 Å². The normalized spacial score (nSPS) is 36.6. The fourth-order valence-corrected chi connectivity index (χ4v) is 4.82. The Labute approximate surface area is 123 Å². The van der Waals surface area contributed by atoms with Gasteiger partial charge in [-0.3, -0.25) is 0 Å². The molecular weight excluding hydrogens is 292 g/mol. The Balaban J connectivity index is 1.71. The van der Waals surface area contributed by atoms with Gasteiger partial charge in [0, 0.05) is 0 Å². The first-order valence-corrected chi connectivity index (χ1v) is 8.40. The molecule has 0 spiro atoms. The van der Waals surface area contributed by atoms with Gasteiger partial charge in [-0.05, 0) is 32.1 Å². The number of hydrogen-bond donors (Lipinski definition) is 0. The number of ether oxygens (including phenoxy) is 3. The third-order valence-electron chi connectivity index (χ3n) is 4.06. The number of benzene rings is 1. The van der Waals surface area contributed by atoms with Gasteiger partial charge in [0.1, 0.15) is 24.4 Å². The van der Waals surface area contributed by atoms with Crippen LogP contribution >= 0.6 is 0 Å². The van der Waals surface area contributed by atoms with Crippen LogP contribution in [-0.4, -0.2) is 38.6 Å². The third kappa shape index (κ3) is 1.90. The van der Waals surface area contributed by atoms with E-state index in [-0.39, 0.29) is 23.2 Å². The number of hydrogen-bond acceptors (Lipinski definition) is 5. The van der Waals surface area contributed by atoms with E-state index >= 15 is 0 Å². The van der Waals surface area contributed by atoms with Crippen molar-refractivity contribution < 1.29 is 22.6 Å². The summed E-state index contributed by atoms with van der Waals surface area (Å²) in [6.45, 7) is 3.66. The van der Waals surface area contributed by atoms with Gasteiger partial charge >= 0.3 is 0 Å². The summed E-state index contributed by atoms with van der Waals surface area (Å²) in [5.74, 6) is -0.699. The smallest absolute Gasteiger partial charge is 0.205 e. The highest BCUT2D eigenvalue weighted by atomic mass is 32.2. The first-order chi connectivity index (χ1) is 9.88. The zero-order valence-electron chi connectivity index (χ0n) is 11.7. The summed E-state index contributed by atoms with van der Waals surface area (Å²) < 4.78 is 42.8. The lowest BCUT2D eigenvalue weighted by molar-refractivity contribution is -0.174. The average Bonchev–Trinajstić information content (AvgIpc) is 3.08. The van der Waals surface area contributed by atoms with Crippen molar-refractivity contribution in [2.45, 2.75) is 48.9 Å². The molecule has 5 nitrogen and oxygen atoms in total. The SMILES string of the molecule is CC1(C)O[C@@H]2[C@H](O1)[C@H]1C=C(S(=O)(=O)c3ccccc3)[C@@H]2O1. The molecule has 1 aromatic rings. The fourth-order valence-electron chi connectivity index (χ4n) is 3.23. The molecule has 2 saturated heterocycles. The minimum absolute atomic E-state index is 0.222. The van der Waals surface area contributed by atoms with Gasteiger partial charge in [-0.1, -0.05) is 18.2 Å². The molecule has 0 radical (unpaired) electrons. The zero-order chi connectivity index (χ0) is 14.8. The van der Waals surface area contributed by atoms with E-state index in [0.29, 0.717) is 4.91 Å². The molecule has 21 heavy (non-hydrogen) atoms. The van der Waals surface area contributed by atoms with E-state index in [1.807, 2.05) is 13.8 Å². The van der Waals surface area contributed by atoms with E-state index in [4.69, 9.17) is 14.2 Å². The van der Waals surface area contributed by atoms with Gasteiger partial charge in [0.05, 0.1) is 9.80 Å². The molecule has 3 aliphatic heterocycles. The molecule has 0 aromatic heterocycles. The lowest BCUT2D eigenvalue weighted by atomic mass is 10.0. The van der Waals surface area contributed by atoms with Crippen LogP contribution in [0.3, 0.4) is 0 Å². The van der Waals surface area contributed by atoms with Gasteiger partial charge in [0.2, 0.25) is 9.84 Å². The maximum Gasteiger partial charge on any atom is 0.205 e. The van der Waals surface area contributed by atoms with Crippen LogP contribution in [0, 0.1) is 0 Å². The fraction of sp³-hybridized carbons (Fsp3) is 0.467. The summed E-state index contributed by atoms with van der Waals surface area (Å²) in [5.41, 5.74) is 0. The van der Waals surface area contributed by atoms with Crippen LogP contribution in [0.15, 0.2) is 46.2 Å². The van der Waals surface area contributed by atoms with Crippen molar-refractivity contribution in [2.75, 3.05) is 0 Å². The monoisotopic (exact) mass is 308 g/mol. The van der Waals surface area contributed by atoms with Crippen molar-refractivity contribution in [2.24, 2.45) is 0 Å². The topological polar surface area (TPSA) is 61.8 Å². The third-order valence-corrected chi connectivity index (χ3v) is 5.94. The molecule has 4 atom stereocenters. The Bertz CT molecular complexity index is 707. The molecule has 4 rings (SSSR count). The quantitative estimate of drug-likeness (QED) is 0.831. The molecule has 0 aliphatic carbocycles. The molecule has 112 valence electrons. The van der Waals surface area contributed by atoms with Crippen LogP contribution in [0.25, 0.3) is 0 Å². The number of fused-ring (bicyclic) bond motifs is 5. The molecule has 0 saturated carbocycles. The Morgan fingerprint density at radius 2 is 1.71 bits per heavy atom. The summed E-state index contributed by atoms with van der Waals surface area (Å²) in [4.78, 5) is 0.573. The van der Waals surface area contributed by atoms with Gasteiger partial charge in [0.15, 0.2) is 5.79 Å². The van der Waals surface area contributed by atoms with Crippen LogP contribution in [0.4, 0.5) is 0 Å². The largest absolute Gasteiger partial charge is 0.360 e. The van der Waals surface area contributed by atoms with Gasteiger partial charge < -0.3 is 14.2 Å². The average molecular weight is 308 g/mol. The molecule has 0 unspecified atom stereocenters. The molecule has 3 heterocycles. The first kappa shape index (κ1) is 13.5.